The van der Waals surface area contributed by atoms with E-state index in [9.17, 15) is 14.7 Å². The molecule has 0 fully saturated rings. The SMILES string of the molecule is Cc1csc(CN(C)C(=O)c2cc(C(=O)N[C@@H](Cc3ccccc3)[C@H](O)CNCc3cncc(C(C)C)c3)cc(-c3cnn(C)c3)c2)n1. The van der Waals surface area contributed by atoms with Crippen molar-refractivity contribution in [3.63, 3.8) is 0 Å². The number of carbonyl (C=O) groups is 2. The number of thiazole rings is 1. The van der Waals surface area contributed by atoms with Crippen LogP contribution in [0.5, 0.6) is 0 Å². The van der Waals surface area contributed by atoms with E-state index in [1.54, 1.807) is 41.0 Å². The Morgan fingerprint density at radius 2 is 1.77 bits per heavy atom. The zero-order valence-electron chi connectivity index (χ0n) is 28.1. The number of amides is 2. The van der Waals surface area contributed by atoms with Gasteiger partial charge in [-0.2, -0.15) is 5.10 Å². The van der Waals surface area contributed by atoms with Crippen LogP contribution < -0.4 is 10.6 Å². The van der Waals surface area contributed by atoms with E-state index in [0.29, 0.717) is 42.1 Å². The molecule has 0 bridgehead atoms. The Morgan fingerprint density at radius 1 is 1.00 bits per heavy atom. The van der Waals surface area contributed by atoms with Crippen LogP contribution in [-0.4, -0.2) is 67.3 Å². The number of nitrogens with one attached hydrogen (secondary N) is 2. The van der Waals surface area contributed by atoms with Crippen LogP contribution in [0.2, 0.25) is 0 Å². The normalized spacial score (nSPS) is 12.6. The van der Waals surface area contributed by atoms with Gasteiger partial charge in [0, 0.05) is 73.5 Å². The molecule has 2 aromatic carbocycles. The van der Waals surface area contributed by atoms with Crippen molar-refractivity contribution in [1.29, 1.82) is 0 Å². The molecule has 3 aromatic heterocycles. The van der Waals surface area contributed by atoms with E-state index in [1.165, 1.54) is 11.3 Å². The highest BCUT2D eigenvalue weighted by molar-refractivity contribution is 7.09. The molecule has 0 aliphatic rings. The topological polar surface area (TPSA) is 125 Å². The molecule has 10 nitrogen and oxygen atoms in total. The standard InChI is InChI=1S/C37H43N7O3S/c1-24(2)31-11-27(16-38-18-31)17-39-20-34(45)33(12-26-9-7-6-8-10-26)42-36(46)29-13-28(32-19-40-44(5)21-32)14-30(15-29)37(47)43(4)22-35-41-25(3)23-48-35/h6-11,13-16,18-19,21,23-24,33-34,39,45H,12,17,20,22H2,1-5H3,(H,42,46)/t33-,34+/m0/s1. The highest BCUT2D eigenvalue weighted by Crippen LogP contribution is 2.24. The fraction of sp³-hybridized carbons (Fsp3) is 0.324. The number of hydrogen-bond acceptors (Lipinski definition) is 8. The lowest BCUT2D eigenvalue weighted by molar-refractivity contribution is 0.0784. The molecule has 0 aliphatic heterocycles. The molecule has 0 saturated heterocycles. The van der Waals surface area contributed by atoms with Crippen LogP contribution in [0, 0.1) is 6.92 Å². The first-order chi connectivity index (χ1) is 23.0. The molecule has 3 heterocycles. The summed E-state index contributed by atoms with van der Waals surface area (Å²) in [5.74, 6) is -0.255. The van der Waals surface area contributed by atoms with Gasteiger partial charge in [0.05, 0.1) is 24.9 Å². The Hall–Kier alpha value is -4.71. The average molecular weight is 666 g/mol. The molecule has 0 saturated carbocycles. The molecule has 48 heavy (non-hydrogen) atoms. The van der Waals surface area contributed by atoms with Crippen LogP contribution in [0.1, 0.15) is 67.9 Å². The third-order valence-corrected chi connectivity index (χ3v) is 9.06. The van der Waals surface area contributed by atoms with E-state index in [-0.39, 0.29) is 18.4 Å². The minimum atomic E-state index is -0.897. The third kappa shape index (κ3) is 9.21. The van der Waals surface area contributed by atoms with Crippen LogP contribution in [-0.2, 0) is 26.6 Å². The largest absolute Gasteiger partial charge is 0.390 e. The summed E-state index contributed by atoms with van der Waals surface area (Å²) in [4.78, 5) is 38.1. The van der Waals surface area contributed by atoms with Gasteiger partial charge in [0.15, 0.2) is 0 Å². The first kappa shape index (κ1) is 34.6. The Labute approximate surface area is 285 Å². The zero-order chi connectivity index (χ0) is 34.2. The summed E-state index contributed by atoms with van der Waals surface area (Å²) in [5.41, 5.74) is 6.22. The second kappa shape index (κ2) is 15.9. The van der Waals surface area contributed by atoms with Crippen molar-refractivity contribution in [3.05, 3.63) is 123 Å². The van der Waals surface area contributed by atoms with Gasteiger partial charge < -0.3 is 20.6 Å². The number of pyridine rings is 1. The first-order valence-electron chi connectivity index (χ1n) is 16.0. The summed E-state index contributed by atoms with van der Waals surface area (Å²) >= 11 is 1.51. The molecule has 0 unspecified atom stereocenters. The Morgan fingerprint density at radius 3 is 2.46 bits per heavy atom. The Balaban J connectivity index is 1.37. The van der Waals surface area contributed by atoms with Crippen LogP contribution in [0.25, 0.3) is 11.1 Å². The first-order valence-corrected chi connectivity index (χ1v) is 16.9. The predicted molar refractivity (Wildman–Crippen MR) is 189 cm³/mol. The molecule has 11 heteroatoms. The number of aromatic nitrogens is 4. The monoisotopic (exact) mass is 665 g/mol. The number of carbonyl (C=O) groups excluding carboxylic acids is 2. The highest BCUT2D eigenvalue weighted by atomic mass is 32.1. The number of benzene rings is 2. The fourth-order valence-electron chi connectivity index (χ4n) is 5.42. The molecule has 5 aromatic rings. The van der Waals surface area contributed by atoms with Gasteiger partial charge >= 0.3 is 0 Å². The van der Waals surface area contributed by atoms with Gasteiger partial charge in [0.25, 0.3) is 11.8 Å². The molecule has 5 rings (SSSR count). The van der Waals surface area contributed by atoms with E-state index < -0.39 is 12.1 Å². The number of nitrogens with zero attached hydrogens (tertiary/aromatic N) is 5. The van der Waals surface area contributed by atoms with E-state index in [0.717, 1.165) is 33.0 Å². The molecule has 2 atom stereocenters. The molecule has 0 spiro atoms. The maximum atomic E-state index is 14.0. The summed E-state index contributed by atoms with van der Waals surface area (Å²) in [6.07, 6.45) is 6.75. The van der Waals surface area contributed by atoms with Crippen molar-refractivity contribution in [2.45, 2.75) is 58.3 Å². The van der Waals surface area contributed by atoms with Gasteiger partial charge in [0.1, 0.15) is 5.01 Å². The number of hydrogen-bond donors (Lipinski definition) is 3. The second-order valence-corrected chi connectivity index (χ2v) is 13.4. The lowest BCUT2D eigenvalue weighted by Crippen LogP contribution is -2.48. The molecule has 0 aliphatic carbocycles. The quantitative estimate of drug-likeness (QED) is 0.150. The van der Waals surface area contributed by atoms with Crippen molar-refractivity contribution in [2.24, 2.45) is 7.05 Å². The number of rotatable bonds is 14. The summed E-state index contributed by atoms with van der Waals surface area (Å²) in [7, 11) is 3.54. The zero-order valence-corrected chi connectivity index (χ0v) is 28.9. The van der Waals surface area contributed by atoms with Crippen molar-refractivity contribution in [3.8, 4) is 11.1 Å². The summed E-state index contributed by atoms with van der Waals surface area (Å²) in [5, 5.41) is 24.9. The van der Waals surface area contributed by atoms with Gasteiger partial charge in [-0.05, 0) is 59.7 Å². The Kier molecular flexibility index (Phi) is 11.5. The molecular formula is C37H43N7O3S. The van der Waals surface area contributed by atoms with Gasteiger partial charge in [-0.25, -0.2) is 4.98 Å². The van der Waals surface area contributed by atoms with Crippen molar-refractivity contribution in [1.82, 2.24) is 35.3 Å². The predicted octanol–water partition coefficient (Wildman–Crippen LogP) is 5.13. The smallest absolute Gasteiger partial charge is 0.254 e. The molecule has 0 radical (unpaired) electrons. The number of aryl methyl sites for hydroxylation is 2. The summed E-state index contributed by atoms with van der Waals surface area (Å²) in [6, 6.07) is 16.4. The van der Waals surface area contributed by atoms with E-state index >= 15 is 0 Å². The molecule has 3 N–H and O–H groups in total. The van der Waals surface area contributed by atoms with Crippen LogP contribution in [0.4, 0.5) is 0 Å². The number of aliphatic hydroxyl groups excluding tert-OH is 1. The van der Waals surface area contributed by atoms with Gasteiger partial charge in [-0.15, -0.1) is 11.3 Å². The summed E-state index contributed by atoms with van der Waals surface area (Å²) in [6.45, 7) is 7.31. The van der Waals surface area contributed by atoms with Gasteiger partial charge in [0.2, 0.25) is 0 Å². The minimum Gasteiger partial charge on any atom is -0.390 e. The van der Waals surface area contributed by atoms with Crippen LogP contribution in [0.3, 0.4) is 0 Å². The van der Waals surface area contributed by atoms with Crippen LogP contribution in [0.15, 0.2) is 84.8 Å². The van der Waals surface area contributed by atoms with Gasteiger partial charge in [-0.3, -0.25) is 19.3 Å². The van der Waals surface area contributed by atoms with E-state index in [2.05, 4.69) is 45.6 Å². The average Bonchev–Trinajstić information content (AvgIpc) is 3.71. The van der Waals surface area contributed by atoms with Crippen molar-refractivity contribution < 1.29 is 14.7 Å². The van der Waals surface area contributed by atoms with E-state index in [4.69, 9.17) is 0 Å². The Bertz CT molecular complexity index is 1840. The summed E-state index contributed by atoms with van der Waals surface area (Å²) < 4.78 is 1.68. The molecule has 250 valence electrons. The number of aliphatic hydroxyl groups is 1. The second-order valence-electron chi connectivity index (χ2n) is 12.5. The molecule has 2 amide bonds. The maximum Gasteiger partial charge on any atom is 0.254 e. The fourth-order valence-corrected chi connectivity index (χ4v) is 6.24. The third-order valence-electron chi connectivity index (χ3n) is 8.11. The van der Waals surface area contributed by atoms with E-state index in [1.807, 2.05) is 68.3 Å². The van der Waals surface area contributed by atoms with Crippen LogP contribution >= 0.6 is 11.3 Å². The maximum absolute atomic E-state index is 14.0. The van der Waals surface area contributed by atoms with Crippen molar-refractivity contribution in [2.75, 3.05) is 13.6 Å². The molecular weight excluding hydrogens is 623 g/mol. The minimum absolute atomic E-state index is 0.233. The lowest BCUT2D eigenvalue weighted by Gasteiger charge is -2.25. The lowest BCUT2D eigenvalue weighted by atomic mass is 9.98. The van der Waals surface area contributed by atoms with Crippen molar-refractivity contribution >= 4 is 23.2 Å². The highest BCUT2D eigenvalue weighted by Gasteiger charge is 2.24. The van der Waals surface area contributed by atoms with Gasteiger partial charge in [-0.1, -0.05) is 50.2 Å².